The van der Waals surface area contributed by atoms with E-state index in [1.54, 1.807) is 6.20 Å². The molecule has 5 heteroatoms. The van der Waals surface area contributed by atoms with Gasteiger partial charge in [0.25, 0.3) is 0 Å². The van der Waals surface area contributed by atoms with Crippen molar-refractivity contribution in [2.45, 2.75) is 75.7 Å². The maximum Gasteiger partial charge on any atom is 0.229 e. The highest BCUT2D eigenvalue weighted by Gasteiger charge is 2.51. The van der Waals surface area contributed by atoms with Crippen molar-refractivity contribution < 1.29 is 4.79 Å². The van der Waals surface area contributed by atoms with Crippen LogP contribution < -0.4 is 11.1 Å². The summed E-state index contributed by atoms with van der Waals surface area (Å²) in [6.07, 6.45) is 13.2. The van der Waals surface area contributed by atoms with Crippen molar-refractivity contribution in [1.29, 1.82) is 0 Å². The van der Waals surface area contributed by atoms with Crippen molar-refractivity contribution in [3.8, 4) is 11.1 Å². The number of carbonyl (C=O) groups excluding carboxylic acids is 1. The first-order valence-electron chi connectivity index (χ1n) is 12.1. The van der Waals surface area contributed by atoms with Crippen molar-refractivity contribution in [3.63, 3.8) is 0 Å². The fourth-order valence-corrected chi connectivity index (χ4v) is 5.67. The average molecular weight is 427 g/mol. The van der Waals surface area contributed by atoms with Crippen LogP contribution in [-0.2, 0) is 23.1 Å². The number of pyridine rings is 2. The molecule has 0 unspecified atom stereocenters. The lowest BCUT2D eigenvalue weighted by molar-refractivity contribution is -0.120. The number of carbonyl (C=O) groups is 1. The van der Waals surface area contributed by atoms with Crippen molar-refractivity contribution in [2.75, 3.05) is 5.32 Å². The molecule has 5 nitrogen and oxygen atoms in total. The standard InChI is InChI=1S/C27H30N4O/c28-26(32)27(12-13-27)24-16-18(11-14-29-24)17-9-10-23-21(15-17)25(30-19-5-1-2-6-19)20-7-3-4-8-22(20)31-23/h9-11,14-16,19H,1-8,12-13H2,(H2,28,32)(H,30,31). The second-order valence-electron chi connectivity index (χ2n) is 9.85. The van der Waals surface area contributed by atoms with Crippen molar-refractivity contribution >= 4 is 22.5 Å². The number of rotatable bonds is 5. The Morgan fingerprint density at radius 3 is 2.56 bits per heavy atom. The monoisotopic (exact) mass is 426 g/mol. The molecule has 0 saturated heterocycles. The van der Waals surface area contributed by atoms with Crippen LogP contribution in [0.3, 0.4) is 0 Å². The number of aromatic nitrogens is 2. The van der Waals surface area contributed by atoms with Crippen molar-refractivity contribution in [3.05, 3.63) is 53.5 Å². The summed E-state index contributed by atoms with van der Waals surface area (Å²) in [5.74, 6) is -0.264. The molecule has 2 fully saturated rings. The Morgan fingerprint density at radius 1 is 1.00 bits per heavy atom. The highest BCUT2D eigenvalue weighted by molar-refractivity contribution is 5.97. The molecule has 164 valence electrons. The molecule has 3 N–H and O–H groups in total. The molecule has 0 spiro atoms. The lowest BCUT2D eigenvalue weighted by Gasteiger charge is -2.24. The summed E-state index contributed by atoms with van der Waals surface area (Å²) in [7, 11) is 0. The second-order valence-corrected chi connectivity index (χ2v) is 9.85. The van der Waals surface area contributed by atoms with Gasteiger partial charge in [0.05, 0.1) is 16.6 Å². The maximum absolute atomic E-state index is 12.0. The van der Waals surface area contributed by atoms with Gasteiger partial charge in [0.1, 0.15) is 0 Å². The van der Waals surface area contributed by atoms with Gasteiger partial charge in [0.15, 0.2) is 0 Å². The van der Waals surface area contributed by atoms with Crippen LogP contribution in [0.1, 0.15) is 68.3 Å². The third-order valence-corrected chi connectivity index (χ3v) is 7.77. The average Bonchev–Trinajstić information content (AvgIpc) is 3.49. The molecule has 2 heterocycles. The Balaban J connectivity index is 1.46. The second kappa shape index (κ2) is 7.58. The zero-order chi connectivity index (χ0) is 21.7. The molecule has 3 aliphatic carbocycles. The minimum atomic E-state index is -0.567. The van der Waals surface area contributed by atoms with Gasteiger partial charge in [0.2, 0.25) is 5.91 Å². The van der Waals surface area contributed by atoms with E-state index < -0.39 is 5.41 Å². The van der Waals surface area contributed by atoms with E-state index in [0.717, 1.165) is 48.0 Å². The number of primary amides is 1. The molecule has 3 aromatic rings. The first-order chi connectivity index (χ1) is 15.6. The van der Waals surface area contributed by atoms with E-state index in [9.17, 15) is 4.79 Å². The predicted octanol–water partition coefficient (Wildman–Crippen LogP) is 5.05. The van der Waals surface area contributed by atoms with E-state index in [1.807, 2.05) is 6.07 Å². The number of benzene rings is 1. The Bertz CT molecular complexity index is 1210. The molecule has 0 aliphatic heterocycles. The number of nitrogens with two attached hydrogens (primary N) is 1. The van der Waals surface area contributed by atoms with Crippen LogP contribution in [0.15, 0.2) is 36.5 Å². The summed E-state index contributed by atoms with van der Waals surface area (Å²) in [6, 6.07) is 11.2. The molecule has 0 radical (unpaired) electrons. The molecule has 1 aromatic carbocycles. The van der Waals surface area contributed by atoms with Gasteiger partial charge in [-0.2, -0.15) is 0 Å². The minimum absolute atomic E-state index is 0.264. The highest BCUT2D eigenvalue weighted by Crippen LogP contribution is 2.47. The molecule has 6 rings (SSSR count). The third kappa shape index (κ3) is 3.26. The third-order valence-electron chi connectivity index (χ3n) is 7.77. The van der Waals surface area contributed by atoms with Crippen LogP contribution in [0.5, 0.6) is 0 Å². The van der Waals surface area contributed by atoms with Crippen LogP contribution in [0.2, 0.25) is 0 Å². The van der Waals surface area contributed by atoms with E-state index in [1.165, 1.54) is 60.9 Å². The van der Waals surface area contributed by atoms with E-state index in [0.29, 0.717) is 6.04 Å². The highest BCUT2D eigenvalue weighted by atomic mass is 16.1. The number of fused-ring (bicyclic) bond motifs is 2. The van der Waals surface area contributed by atoms with Crippen molar-refractivity contribution in [1.82, 2.24) is 9.97 Å². The number of hydrogen-bond donors (Lipinski definition) is 2. The van der Waals surface area contributed by atoms with Crippen LogP contribution in [-0.4, -0.2) is 21.9 Å². The van der Waals surface area contributed by atoms with Gasteiger partial charge in [-0.3, -0.25) is 14.8 Å². The smallest absolute Gasteiger partial charge is 0.229 e. The molecule has 32 heavy (non-hydrogen) atoms. The van der Waals surface area contributed by atoms with Gasteiger partial charge in [-0.1, -0.05) is 18.9 Å². The van der Waals surface area contributed by atoms with E-state index in [-0.39, 0.29) is 5.91 Å². The molecular formula is C27H30N4O. The molecule has 0 atom stereocenters. The van der Waals surface area contributed by atoms with Crippen LogP contribution in [0.25, 0.3) is 22.0 Å². The number of hydrogen-bond acceptors (Lipinski definition) is 4. The van der Waals surface area contributed by atoms with Crippen LogP contribution >= 0.6 is 0 Å². The van der Waals surface area contributed by atoms with Gasteiger partial charge in [-0.15, -0.1) is 0 Å². The normalized spacial score (nSPS) is 19.6. The van der Waals surface area contributed by atoms with Crippen molar-refractivity contribution in [2.24, 2.45) is 5.73 Å². The summed E-state index contributed by atoms with van der Waals surface area (Å²) < 4.78 is 0. The Labute approximate surface area is 188 Å². The van der Waals surface area contributed by atoms with Gasteiger partial charge in [0, 0.05) is 29.0 Å². The van der Waals surface area contributed by atoms with Crippen LogP contribution in [0, 0.1) is 0 Å². The lowest BCUT2D eigenvalue weighted by atomic mass is 9.91. The fraction of sp³-hybridized carbons (Fsp3) is 0.444. The topological polar surface area (TPSA) is 80.9 Å². The number of nitrogens with one attached hydrogen (secondary N) is 1. The van der Waals surface area contributed by atoms with E-state index >= 15 is 0 Å². The molecule has 2 aromatic heterocycles. The van der Waals surface area contributed by atoms with Gasteiger partial charge >= 0.3 is 0 Å². The number of nitrogens with zero attached hydrogens (tertiary/aromatic N) is 2. The Hall–Kier alpha value is -2.95. The zero-order valence-corrected chi connectivity index (χ0v) is 18.5. The summed E-state index contributed by atoms with van der Waals surface area (Å²) in [5.41, 5.74) is 13.2. The number of amides is 1. The zero-order valence-electron chi connectivity index (χ0n) is 18.5. The molecule has 0 bridgehead atoms. The largest absolute Gasteiger partial charge is 0.381 e. The van der Waals surface area contributed by atoms with Gasteiger partial charge < -0.3 is 11.1 Å². The predicted molar refractivity (Wildman–Crippen MR) is 128 cm³/mol. The summed E-state index contributed by atoms with van der Waals surface area (Å²) in [4.78, 5) is 21.6. The minimum Gasteiger partial charge on any atom is -0.381 e. The lowest BCUT2D eigenvalue weighted by Crippen LogP contribution is -2.29. The quantitative estimate of drug-likeness (QED) is 0.598. The number of anilines is 1. The SMILES string of the molecule is NC(=O)C1(c2cc(-c3ccc4nc5c(c(NC6CCCC6)c4c3)CCCC5)ccn2)CC1. The fourth-order valence-electron chi connectivity index (χ4n) is 5.67. The summed E-state index contributed by atoms with van der Waals surface area (Å²) >= 11 is 0. The summed E-state index contributed by atoms with van der Waals surface area (Å²) in [5, 5.41) is 5.15. The molecule has 1 amide bonds. The molecular weight excluding hydrogens is 396 g/mol. The summed E-state index contributed by atoms with van der Waals surface area (Å²) in [6.45, 7) is 0. The Morgan fingerprint density at radius 2 is 1.78 bits per heavy atom. The van der Waals surface area contributed by atoms with E-state index in [2.05, 4.69) is 34.6 Å². The number of aryl methyl sites for hydroxylation is 1. The first kappa shape index (κ1) is 19.7. The Kier molecular flexibility index (Phi) is 4.67. The maximum atomic E-state index is 12.0. The first-order valence-corrected chi connectivity index (χ1v) is 12.1. The van der Waals surface area contributed by atoms with Gasteiger partial charge in [-0.25, -0.2) is 0 Å². The molecule has 3 aliphatic rings. The molecule has 2 saturated carbocycles. The van der Waals surface area contributed by atoms with Gasteiger partial charge in [-0.05, 0) is 92.3 Å². The van der Waals surface area contributed by atoms with Crippen LogP contribution in [0.4, 0.5) is 5.69 Å². The van der Waals surface area contributed by atoms with E-state index in [4.69, 9.17) is 10.7 Å².